The van der Waals surface area contributed by atoms with Crippen LogP contribution < -0.4 is 4.90 Å². The second-order valence-electron chi connectivity index (χ2n) is 5.77. The van der Waals surface area contributed by atoms with E-state index in [0.717, 1.165) is 5.56 Å². The minimum Gasteiger partial charge on any atom is -0.478 e. The molecule has 130 valence electrons. The van der Waals surface area contributed by atoms with Crippen LogP contribution in [0.25, 0.3) is 23.0 Å². The van der Waals surface area contributed by atoms with Crippen LogP contribution >= 0.6 is 0 Å². The van der Waals surface area contributed by atoms with Gasteiger partial charge in [-0.05, 0) is 18.6 Å². The fraction of sp³-hybridized carbons (Fsp3) is 0.167. The quantitative estimate of drug-likeness (QED) is 0.765. The highest BCUT2D eigenvalue weighted by molar-refractivity contribution is 5.87. The van der Waals surface area contributed by atoms with E-state index in [1.807, 2.05) is 35.2 Å². The standard InChI is InChI=1S/C18H15N5O3/c24-18(25)13-6-8-23(9-7-13)15-11-19-10-14(20-15)17-22-21-16(26-17)12-4-2-1-3-5-12/h1-6,10-11H,7-9H2,(H,24,25). The van der Waals surface area contributed by atoms with Crippen LogP contribution in [-0.4, -0.2) is 44.3 Å². The van der Waals surface area contributed by atoms with Crippen molar-refractivity contribution in [1.29, 1.82) is 0 Å². The fourth-order valence-electron chi connectivity index (χ4n) is 2.71. The Labute approximate surface area is 148 Å². The average Bonchev–Trinajstić information content (AvgIpc) is 3.19. The van der Waals surface area contributed by atoms with E-state index >= 15 is 0 Å². The van der Waals surface area contributed by atoms with Crippen LogP contribution in [0.5, 0.6) is 0 Å². The molecule has 0 radical (unpaired) electrons. The van der Waals surface area contributed by atoms with Gasteiger partial charge in [-0.25, -0.2) is 9.78 Å². The second-order valence-corrected chi connectivity index (χ2v) is 5.77. The van der Waals surface area contributed by atoms with Gasteiger partial charge in [-0.1, -0.05) is 24.3 Å². The van der Waals surface area contributed by atoms with Crippen molar-refractivity contribution in [3.8, 4) is 23.0 Å². The average molecular weight is 349 g/mol. The van der Waals surface area contributed by atoms with E-state index in [0.29, 0.717) is 42.5 Å². The molecule has 3 heterocycles. The van der Waals surface area contributed by atoms with Gasteiger partial charge in [-0.2, -0.15) is 0 Å². The molecule has 1 aliphatic heterocycles. The van der Waals surface area contributed by atoms with E-state index in [1.165, 1.54) is 0 Å². The summed E-state index contributed by atoms with van der Waals surface area (Å²) in [4.78, 5) is 21.7. The van der Waals surface area contributed by atoms with Crippen molar-refractivity contribution in [3.05, 3.63) is 54.4 Å². The summed E-state index contributed by atoms with van der Waals surface area (Å²) in [5, 5.41) is 17.2. The van der Waals surface area contributed by atoms with Crippen LogP contribution in [-0.2, 0) is 4.79 Å². The van der Waals surface area contributed by atoms with Gasteiger partial charge in [-0.3, -0.25) is 4.98 Å². The molecule has 0 aliphatic carbocycles. The zero-order valence-electron chi connectivity index (χ0n) is 13.7. The molecule has 0 saturated carbocycles. The molecule has 0 bridgehead atoms. The third kappa shape index (κ3) is 3.16. The number of carbonyl (C=O) groups is 1. The highest BCUT2D eigenvalue weighted by Crippen LogP contribution is 2.24. The minimum atomic E-state index is -0.871. The molecule has 0 saturated heterocycles. The van der Waals surface area contributed by atoms with Gasteiger partial charge in [0.2, 0.25) is 5.89 Å². The molecule has 8 heteroatoms. The number of carboxylic acid groups (broad SMARTS) is 1. The van der Waals surface area contributed by atoms with Crippen LogP contribution in [0.3, 0.4) is 0 Å². The summed E-state index contributed by atoms with van der Waals surface area (Å²) in [6, 6.07) is 9.49. The highest BCUT2D eigenvalue weighted by Gasteiger charge is 2.19. The lowest BCUT2D eigenvalue weighted by molar-refractivity contribution is -0.132. The first-order valence-corrected chi connectivity index (χ1v) is 8.09. The van der Waals surface area contributed by atoms with Crippen molar-refractivity contribution in [1.82, 2.24) is 20.2 Å². The third-order valence-electron chi connectivity index (χ3n) is 4.09. The summed E-state index contributed by atoms with van der Waals surface area (Å²) < 4.78 is 5.71. The largest absolute Gasteiger partial charge is 0.478 e. The summed E-state index contributed by atoms with van der Waals surface area (Å²) >= 11 is 0. The molecule has 1 aromatic carbocycles. The van der Waals surface area contributed by atoms with Crippen LogP contribution in [0.15, 0.2) is 58.8 Å². The molecule has 1 aliphatic rings. The number of aliphatic carboxylic acids is 1. The maximum absolute atomic E-state index is 11.0. The van der Waals surface area contributed by atoms with Gasteiger partial charge in [-0.15, -0.1) is 10.2 Å². The van der Waals surface area contributed by atoms with Gasteiger partial charge in [0.05, 0.1) is 12.4 Å². The molecule has 0 fully saturated rings. The van der Waals surface area contributed by atoms with Gasteiger partial charge in [0.15, 0.2) is 0 Å². The fourth-order valence-corrected chi connectivity index (χ4v) is 2.71. The van der Waals surface area contributed by atoms with E-state index in [4.69, 9.17) is 9.52 Å². The van der Waals surface area contributed by atoms with Gasteiger partial charge < -0.3 is 14.4 Å². The maximum Gasteiger partial charge on any atom is 0.331 e. The lowest BCUT2D eigenvalue weighted by atomic mass is 10.1. The maximum atomic E-state index is 11.0. The highest BCUT2D eigenvalue weighted by atomic mass is 16.4. The Kier molecular flexibility index (Phi) is 4.14. The van der Waals surface area contributed by atoms with Crippen LogP contribution in [0.1, 0.15) is 6.42 Å². The topological polar surface area (TPSA) is 105 Å². The lowest BCUT2D eigenvalue weighted by Crippen LogP contribution is -2.30. The molecule has 0 atom stereocenters. The van der Waals surface area contributed by atoms with Gasteiger partial charge in [0.1, 0.15) is 11.5 Å². The minimum absolute atomic E-state index is 0.289. The first-order valence-electron chi connectivity index (χ1n) is 8.09. The Hall–Kier alpha value is -3.55. The van der Waals surface area contributed by atoms with E-state index in [-0.39, 0.29) is 5.89 Å². The van der Waals surface area contributed by atoms with Gasteiger partial charge in [0.25, 0.3) is 5.89 Å². The van der Waals surface area contributed by atoms with Crippen molar-refractivity contribution >= 4 is 11.8 Å². The van der Waals surface area contributed by atoms with E-state index in [9.17, 15) is 4.79 Å². The van der Waals surface area contributed by atoms with Crippen molar-refractivity contribution in [2.75, 3.05) is 18.0 Å². The Morgan fingerprint density at radius 1 is 1.12 bits per heavy atom. The van der Waals surface area contributed by atoms with Crippen LogP contribution in [0, 0.1) is 0 Å². The van der Waals surface area contributed by atoms with E-state index < -0.39 is 5.97 Å². The molecule has 3 aromatic rings. The molecule has 8 nitrogen and oxygen atoms in total. The van der Waals surface area contributed by atoms with Crippen molar-refractivity contribution < 1.29 is 14.3 Å². The monoisotopic (exact) mass is 349 g/mol. The second kappa shape index (κ2) is 6.75. The number of aromatic nitrogens is 4. The van der Waals surface area contributed by atoms with Crippen molar-refractivity contribution in [2.45, 2.75) is 6.42 Å². The molecule has 0 unspecified atom stereocenters. The van der Waals surface area contributed by atoms with Crippen LogP contribution in [0.2, 0.25) is 0 Å². The molecular formula is C18H15N5O3. The Bertz CT molecular complexity index is 968. The number of nitrogens with zero attached hydrogens (tertiary/aromatic N) is 5. The van der Waals surface area contributed by atoms with Crippen molar-refractivity contribution in [2.24, 2.45) is 0 Å². The zero-order valence-corrected chi connectivity index (χ0v) is 13.7. The number of rotatable bonds is 4. The molecule has 26 heavy (non-hydrogen) atoms. The number of anilines is 1. The SMILES string of the molecule is O=C(O)C1=CCN(c2cncc(-c3nnc(-c4ccccc4)o3)n2)CC1. The Morgan fingerprint density at radius 2 is 1.92 bits per heavy atom. The predicted octanol–water partition coefficient (Wildman–Crippen LogP) is 2.41. The summed E-state index contributed by atoms with van der Waals surface area (Å²) in [5.74, 6) is 0.475. The predicted molar refractivity (Wildman–Crippen MR) is 93.3 cm³/mol. The zero-order chi connectivity index (χ0) is 17.9. The number of hydrogen-bond acceptors (Lipinski definition) is 7. The number of hydrogen-bond donors (Lipinski definition) is 1. The Morgan fingerprint density at radius 3 is 2.65 bits per heavy atom. The van der Waals surface area contributed by atoms with Gasteiger partial charge in [0, 0.05) is 24.2 Å². The van der Waals surface area contributed by atoms with Crippen molar-refractivity contribution in [3.63, 3.8) is 0 Å². The summed E-state index contributed by atoms with van der Waals surface area (Å²) in [7, 11) is 0. The number of carboxylic acids is 1. The molecular weight excluding hydrogens is 334 g/mol. The summed E-state index contributed by atoms with van der Waals surface area (Å²) in [5.41, 5.74) is 1.73. The molecule has 4 rings (SSSR count). The number of benzene rings is 1. The first kappa shape index (κ1) is 15.9. The molecule has 1 N–H and O–H groups in total. The Balaban J connectivity index is 1.57. The first-order chi connectivity index (χ1) is 12.7. The molecule has 2 aromatic heterocycles. The van der Waals surface area contributed by atoms with Gasteiger partial charge >= 0.3 is 5.97 Å². The normalized spacial score (nSPS) is 14.2. The smallest absolute Gasteiger partial charge is 0.331 e. The van der Waals surface area contributed by atoms with Crippen LogP contribution in [0.4, 0.5) is 5.82 Å². The third-order valence-corrected chi connectivity index (χ3v) is 4.09. The molecule has 0 amide bonds. The van der Waals surface area contributed by atoms with E-state index in [2.05, 4.69) is 20.2 Å². The summed E-state index contributed by atoms with van der Waals surface area (Å²) in [6.07, 6.45) is 5.35. The lowest BCUT2D eigenvalue weighted by Gasteiger charge is -2.25. The molecule has 0 spiro atoms. The summed E-state index contributed by atoms with van der Waals surface area (Å²) in [6.45, 7) is 1.04. The van der Waals surface area contributed by atoms with E-state index in [1.54, 1.807) is 18.5 Å².